The van der Waals surface area contributed by atoms with E-state index < -0.39 is 18.3 Å². The van der Waals surface area contributed by atoms with Gasteiger partial charge in [0.25, 0.3) is 5.69 Å². The zero-order valence-electron chi connectivity index (χ0n) is 12.7. The standard InChI is InChI=1S/C15H17N2O5P/c1-21-23(20,22-2)15(16-12-8-4-3-5-9-12)13-10-6-7-11-14(13)17(18)19/h3-11,15-16H,1-2H3/t15-/m0/s1. The highest BCUT2D eigenvalue weighted by Crippen LogP contribution is 2.60. The molecule has 2 rings (SSSR count). The van der Waals surface area contributed by atoms with Crippen molar-refractivity contribution in [2.45, 2.75) is 5.78 Å². The molecule has 0 bridgehead atoms. The molecule has 0 saturated carbocycles. The SMILES string of the molecule is COP(=O)(OC)[C@H](Nc1ccccc1)c1ccccc1[N+](=O)[O-]. The summed E-state index contributed by atoms with van der Waals surface area (Å²) in [5.74, 6) is -1.01. The molecule has 0 spiro atoms. The van der Waals surface area contributed by atoms with Crippen LogP contribution in [0.5, 0.6) is 0 Å². The van der Waals surface area contributed by atoms with Crippen molar-refractivity contribution in [3.63, 3.8) is 0 Å². The number of benzene rings is 2. The summed E-state index contributed by atoms with van der Waals surface area (Å²) < 4.78 is 23.0. The summed E-state index contributed by atoms with van der Waals surface area (Å²) in [6.45, 7) is 0. The minimum absolute atomic E-state index is 0.157. The lowest BCUT2D eigenvalue weighted by Gasteiger charge is -2.26. The van der Waals surface area contributed by atoms with Crippen LogP contribution in [0.15, 0.2) is 54.6 Å². The fourth-order valence-electron chi connectivity index (χ4n) is 2.19. The van der Waals surface area contributed by atoms with E-state index in [4.69, 9.17) is 9.05 Å². The van der Waals surface area contributed by atoms with Crippen LogP contribution in [0.25, 0.3) is 0 Å². The van der Waals surface area contributed by atoms with Crippen molar-refractivity contribution in [2.75, 3.05) is 19.5 Å². The first-order valence-corrected chi connectivity index (χ1v) is 8.39. The lowest BCUT2D eigenvalue weighted by molar-refractivity contribution is -0.385. The molecule has 1 atom stereocenters. The topological polar surface area (TPSA) is 90.7 Å². The highest BCUT2D eigenvalue weighted by atomic mass is 31.2. The number of rotatable bonds is 7. The maximum Gasteiger partial charge on any atom is 0.356 e. The first kappa shape index (κ1) is 17.1. The van der Waals surface area contributed by atoms with Gasteiger partial charge in [0.05, 0.1) is 10.5 Å². The fourth-order valence-corrected chi connectivity index (χ4v) is 3.63. The zero-order valence-corrected chi connectivity index (χ0v) is 13.6. The Labute approximate surface area is 133 Å². The smallest absolute Gasteiger partial charge is 0.356 e. The maximum absolute atomic E-state index is 12.9. The van der Waals surface area contributed by atoms with Crippen LogP contribution in [0.2, 0.25) is 0 Å². The lowest BCUT2D eigenvalue weighted by Crippen LogP contribution is -2.15. The Kier molecular flexibility index (Phi) is 5.50. The van der Waals surface area contributed by atoms with E-state index in [2.05, 4.69) is 5.32 Å². The third-order valence-electron chi connectivity index (χ3n) is 3.33. The molecular weight excluding hydrogens is 319 g/mol. The Bertz CT molecular complexity index is 715. The molecule has 0 aliphatic rings. The van der Waals surface area contributed by atoms with E-state index in [1.165, 1.54) is 26.4 Å². The molecule has 8 heteroatoms. The number of anilines is 1. The minimum atomic E-state index is -3.66. The van der Waals surface area contributed by atoms with Gasteiger partial charge in [0, 0.05) is 26.0 Å². The van der Waals surface area contributed by atoms with Crippen LogP contribution in [0.4, 0.5) is 11.4 Å². The predicted octanol–water partition coefficient (Wildman–Crippen LogP) is 4.19. The number of hydrogen-bond acceptors (Lipinski definition) is 6. The molecule has 122 valence electrons. The summed E-state index contributed by atoms with van der Waals surface area (Å²) in [6.07, 6.45) is 0. The minimum Gasteiger partial charge on any atom is -0.368 e. The van der Waals surface area contributed by atoms with E-state index in [9.17, 15) is 14.7 Å². The number of para-hydroxylation sites is 2. The molecule has 0 saturated heterocycles. The Balaban J connectivity index is 2.54. The van der Waals surface area contributed by atoms with Gasteiger partial charge in [0.15, 0.2) is 5.78 Å². The Morgan fingerprint density at radius 1 is 1.04 bits per heavy atom. The molecule has 0 aliphatic heterocycles. The van der Waals surface area contributed by atoms with Crippen LogP contribution in [-0.2, 0) is 13.6 Å². The van der Waals surface area contributed by atoms with Gasteiger partial charge in [-0.3, -0.25) is 14.7 Å². The number of nitro benzene ring substituents is 1. The van der Waals surface area contributed by atoms with Crippen molar-refractivity contribution in [3.05, 3.63) is 70.3 Å². The van der Waals surface area contributed by atoms with E-state index in [0.717, 1.165) is 0 Å². The second-order valence-corrected chi connectivity index (χ2v) is 6.96. The van der Waals surface area contributed by atoms with Gasteiger partial charge in [0.2, 0.25) is 0 Å². The molecule has 2 aromatic carbocycles. The van der Waals surface area contributed by atoms with Gasteiger partial charge in [-0.25, -0.2) is 0 Å². The monoisotopic (exact) mass is 336 g/mol. The van der Waals surface area contributed by atoms with Gasteiger partial charge in [0.1, 0.15) is 0 Å². The van der Waals surface area contributed by atoms with Crippen molar-refractivity contribution >= 4 is 19.0 Å². The third-order valence-corrected chi connectivity index (χ3v) is 5.39. The molecule has 0 aliphatic carbocycles. The van der Waals surface area contributed by atoms with Gasteiger partial charge in [-0.15, -0.1) is 0 Å². The summed E-state index contributed by atoms with van der Waals surface area (Å²) in [6, 6.07) is 15.0. The quantitative estimate of drug-likeness (QED) is 0.463. The van der Waals surface area contributed by atoms with E-state index in [1.54, 1.807) is 36.4 Å². The number of nitro groups is 1. The number of hydrogen-bond donors (Lipinski definition) is 1. The van der Waals surface area contributed by atoms with Gasteiger partial charge in [-0.2, -0.15) is 0 Å². The molecule has 0 radical (unpaired) electrons. The molecule has 0 amide bonds. The Hall–Kier alpha value is -2.21. The summed E-state index contributed by atoms with van der Waals surface area (Å²) in [5, 5.41) is 14.3. The molecule has 0 aromatic heterocycles. The normalized spacial score (nSPS) is 12.6. The third kappa shape index (κ3) is 3.76. The fraction of sp³-hybridized carbons (Fsp3) is 0.200. The van der Waals surface area contributed by atoms with Crippen LogP contribution in [-0.4, -0.2) is 19.1 Å². The Morgan fingerprint density at radius 2 is 1.61 bits per heavy atom. The van der Waals surface area contributed by atoms with Crippen molar-refractivity contribution in [1.82, 2.24) is 0 Å². The lowest BCUT2D eigenvalue weighted by atomic mass is 10.1. The molecule has 23 heavy (non-hydrogen) atoms. The van der Waals surface area contributed by atoms with Crippen molar-refractivity contribution in [3.8, 4) is 0 Å². The molecule has 0 heterocycles. The van der Waals surface area contributed by atoms with Crippen LogP contribution >= 0.6 is 7.60 Å². The maximum atomic E-state index is 12.9. The van der Waals surface area contributed by atoms with E-state index in [0.29, 0.717) is 5.69 Å². The largest absolute Gasteiger partial charge is 0.368 e. The van der Waals surface area contributed by atoms with Crippen LogP contribution in [0, 0.1) is 10.1 Å². The summed E-state index contributed by atoms with van der Waals surface area (Å²) in [4.78, 5) is 10.8. The average molecular weight is 336 g/mol. The van der Waals surface area contributed by atoms with E-state index >= 15 is 0 Å². The van der Waals surface area contributed by atoms with Crippen LogP contribution < -0.4 is 5.32 Å². The molecular formula is C15H17N2O5P. The van der Waals surface area contributed by atoms with Gasteiger partial charge >= 0.3 is 7.60 Å². The van der Waals surface area contributed by atoms with Crippen LogP contribution in [0.1, 0.15) is 11.3 Å². The second-order valence-electron chi connectivity index (χ2n) is 4.63. The zero-order chi connectivity index (χ0) is 16.9. The highest BCUT2D eigenvalue weighted by Gasteiger charge is 2.39. The van der Waals surface area contributed by atoms with E-state index in [-0.39, 0.29) is 11.3 Å². The van der Waals surface area contributed by atoms with Gasteiger partial charge < -0.3 is 14.4 Å². The predicted molar refractivity (Wildman–Crippen MR) is 87.5 cm³/mol. The Morgan fingerprint density at radius 3 is 2.17 bits per heavy atom. The van der Waals surface area contributed by atoms with E-state index in [1.807, 2.05) is 6.07 Å². The average Bonchev–Trinajstić information content (AvgIpc) is 2.60. The molecule has 7 nitrogen and oxygen atoms in total. The second kappa shape index (κ2) is 7.37. The summed E-state index contributed by atoms with van der Waals surface area (Å²) >= 11 is 0. The molecule has 0 unspecified atom stereocenters. The number of nitrogens with one attached hydrogen (secondary N) is 1. The molecule has 1 N–H and O–H groups in total. The van der Waals surface area contributed by atoms with Crippen LogP contribution in [0.3, 0.4) is 0 Å². The summed E-state index contributed by atoms with van der Waals surface area (Å²) in [5.41, 5.74) is 0.716. The number of nitrogens with zero attached hydrogens (tertiary/aromatic N) is 1. The first-order chi connectivity index (χ1) is 11.0. The first-order valence-electron chi connectivity index (χ1n) is 6.78. The molecule has 2 aromatic rings. The van der Waals surface area contributed by atoms with Crippen molar-refractivity contribution in [1.29, 1.82) is 0 Å². The van der Waals surface area contributed by atoms with Crippen molar-refractivity contribution < 1.29 is 18.5 Å². The van der Waals surface area contributed by atoms with Gasteiger partial charge in [-0.1, -0.05) is 30.3 Å². The molecule has 0 fully saturated rings. The highest BCUT2D eigenvalue weighted by molar-refractivity contribution is 7.54. The van der Waals surface area contributed by atoms with Crippen molar-refractivity contribution in [2.24, 2.45) is 0 Å². The van der Waals surface area contributed by atoms with Gasteiger partial charge in [-0.05, 0) is 18.2 Å². The summed E-state index contributed by atoms with van der Waals surface area (Å²) in [7, 11) is -1.16.